The van der Waals surface area contributed by atoms with Crippen LogP contribution in [0.25, 0.3) is 0 Å². The molecule has 1 aromatic carbocycles. The molecule has 0 spiro atoms. The molecule has 1 saturated carbocycles. The van der Waals surface area contributed by atoms with Crippen molar-refractivity contribution in [3.63, 3.8) is 0 Å². The fourth-order valence-corrected chi connectivity index (χ4v) is 3.22. The first-order chi connectivity index (χ1) is 10.6. The molecule has 1 aromatic rings. The van der Waals surface area contributed by atoms with Crippen molar-refractivity contribution in [2.45, 2.75) is 38.1 Å². The van der Waals surface area contributed by atoms with Crippen molar-refractivity contribution in [3.8, 4) is 5.75 Å². The maximum atomic E-state index is 12.4. The van der Waals surface area contributed by atoms with E-state index in [1.165, 1.54) is 19.3 Å². The Morgan fingerprint density at radius 1 is 1.27 bits per heavy atom. The summed E-state index contributed by atoms with van der Waals surface area (Å²) in [7, 11) is 5.75. The van der Waals surface area contributed by atoms with Crippen molar-refractivity contribution >= 4 is 5.91 Å². The van der Waals surface area contributed by atoms with Crippen LogP contribution in [0, 0.1) is 5.92 Å². The van der Waals surface area contributed by atoms with Gasteiger partial charge in [-0.15, -0.1) is 0 Å². The molecule has 0 aliphatic heterocycles. The van der Waals surface area contributed by atoms with E-state index < -0.39 is 0 Å². The predicted octanol–water partition coefficient (Wildman–Crippen LogP) is 2.99. The average molecular weight is 304 g/mol. The van der Waals surface area contributed by atoms with Crippen molar-refractivity contribution in [1.82, 2.24) is 10.2 Å². The lowest BCUT2D eigenvalue weighted by molar-refractivity contribution is -0.126. The summed E-state index contributed by atoms with van der Waals surface area (Å²) in [6, 6.07) is 8.13. The van der Waals surface area contributed by atoms with Gasteiger partial charge in [-0.3, -0.25) is 4.79 Å². The first-order valence-corrected chi connectivity index (χ1v) is 8.20. The Balaban J connectivity index is 2.01. The molecule has 1 N–H and O–H groups in total. The number of rotatable bonds is 6. The highest BCUT2D eigenvalue weighted by atomic mass is 16.5. The molecule has 1 aliphatic rings. The Morgan fingerprint density at radius 3 is 2.59 bits per heavy atom. The Bertz CT molecular complexity index is 482. The SMILES string of the molecule is COc1ccccc1C(CNC(=O)C1CCCCC1)N(C)C. The molecular weight excluding hydrogens is 276 g/mol. The number of carbonyl (C=O) groups is 1. The van der Waals surface area contributed by atoms with Gasteiger partial charge in [0.15, 0.2) is 0 Å². The summed E-state index contributed by atoms with van der Waals surface area (Å²) in [4.78, 5) is 14.5. The van der Waals surface area contributed by atoms with Gasteiger partial charge < -0.3 is 15.0 Å². The number of nitrogens with one attached hydrogen (secondary N) is 1. The van der Waals surface area contributed by atoms with Crippen LogP contribution < -0.4 is 10.1 Å². The monoisotopic (exact) mass is 304 g/mol. The number of methoxy groups -OCH3 is 1. The van der Waals surface area contributed by atoms with Gasteiger partial charge in [0.2, 0.25) is 5.91 Å². The van der Waals surface area contributed by atoms with Crippen LogP contribution in [0.1, 0.15) is 43.7 Å². The maximum Gasteiger partial charge on any atom is 0.223 e. The van der Waals surface area contributed by atoms with Gasteiger partial charge in [0, 0.05) is 18.0 Å². The highest BCUT2D eigenvalue weighted by Gasteiger charge is 2.23. The zero-order chi connectivity index (χ0) is 15.9. The van der Waals surface area contributed by atoms with Gasteiger partial charge >= 0.3 is 0 Å². The van der Waals surface area contributed by atoms with E-state index in [-0.39, 0.29) is 17.9 Å². The lowest BCUT2D eigenvalue weighted by atomic mass is 9.88. The van der Waals surface area contributed by atoms with Crippen LogP contribution in [0.15, 0.2) is 24.3 Å². The van der Waals surface area contributed by atoms with Gasteiger partial charge in [-0.25, -0.2) is 0 Å². The van der Waals surface area contributed by atoms with E-state index in [0.717, 1.165) is 24.2 Å². The number of hydrogen-bond acceptors (Lipinski definition) is 3. The van der Waals surface area contributed by atoms with E-state index in [4.69, 9.17) is 4.74 Å². The number of benzene rings is 1. The third-order valence-corrected chi connectivity index (χ3v) is 4.57. The number of nitrogens with zero attached hydrogens (tertiary/aromatic N) is 1. The van der Waals surface area contributed by atoms with Crippen LogP contribution in [0.4, 0.5) is 0 Å². The topological polar surface area (TPSA) is 41.6 Å². The van der Waals surface area contributed by atoms with Gasteiger partial charge in [-0.05, 0) is 33.0 Å². The molecule has 2 rings (SSSR count). The molecule has 122 valence electrons. The van der Waals surface area contributed by atoms with E-state index in [1.807, 2.05) is 32.3 Å². The van der Waals surface area contributed by atoms with Gasteiger partial charge in [-0.1, -0.05) is 37.5 Å². The summed E-state index contributed by atoms with van der Waals surface area (Å²) in [5.74, 6) is 1.28. The molecule has 4 heteroatoms. The zero-order valence-corrected chi connectivity index (χ0v) is 14.0. The Hall–Kier alpha value is -1.55. The number of likely N-dealkylation sites (N-methyl/N-ethyl adjacent to an activating group) is 1. The Kier molecular flexibility index (Phi) is 6.25. The van der Waals surface area contributed by atoms with Crippen LogP contribution in [-0.2, 0) is 4.79 Å². The normalized spacial score (nSPS) is 17.3. The lowest BCUT2D eigenvalue weighted by Gasteiger charge is -2.28. The second kappa shape index (κ2) is 8.18. The quantitative estimate of drug-likeness (QED) is 0.878. The first-order valence-electron chi connectivity index (χ1n) is 8.20. The summed E-state index contributed by atoms with van der Waals surface area (Å²) >= 11 is 0. The molecule has 0 heterocycles. The van der Waals surface area contributed by atoms with Crippen LogP contribution in [0.3, 0.4) is 0 Å². The Labute approximate surface area is 133 Å². The standard InChI is InChI=1S/C18H28N2O2/c1-20(2)16(15-11-7-8-12-17(15)22-3)13-19-18(21)14-9-5-4-6-10-14/h7-8,11-12,14,16H,4-6,9-10,13H2,1-3H3,(H,19,21). The lowest BCUT2D eigenvalue weighted by Crippen LogP contribution is -2.38. The summed E-state index contributed by atoms with van der Waals surface area (Å²) in [6.07, 6.45) is 5.70. The molecule has 1 unspecified atom stereocenters. The van der Waals surface area contributed by atoms with Crippen molar-refractivity contribution < 1.29 is 9.53 Å². The molecular formula is C18H28N2O2. The second-order valence-electron chi connectivity index (χ2n) is 6.30. The van der Waals surface area contributed by atoms with E-state index in [2.05, 4.69) is 16.3 Å². The number of carbonyl (C=O) groups excluding carboxylic acids is 1. The van der Waals surface area contributed by atoms with Crippen LogP contribution >= 0.6 is 0 Å². The highest BCUT2D eigenvalue weighted by molar-refractivity contribution is 5.78. The number of ether oxygens (including phenoxy) is 1. The van der Waals surface area contributed by atoms with Crippen molar-refractivity contribution in [1.29, 1.82) is 0 Å². The number of para-hydroxylation sites is 1. The van der Waals surface area contributed by atoms with Crippen LogP contribution in [0.2, 0.25) is 0 Å². The number of hydrogen-bond donors (Lipinski definition) is 1. The summed E-state index contributed by atoms with van der Waals surface area (Å²) in [6.45, 7) is 0.614. The third-order valence-electron chi connectivity index (χ3n) is 4.57. The largest absolute Gasteiger partial charge is 0.496 e. The van der Waals surface area contributed by atoms with E-state index in [0.29, 0.717) is 6.54 Å². The second-order valence-corrected chi connectivity index (χ2v) is 6.30. The molecule has 1 fully saturated rings. The average Bonchev–Trinajstić information content (AvgIpc) is 2.55. The van der Waals surface area contributed by atoms with Gasteiger partial charge in [0.1, 0.15) is 5.75 Å². The highest BCUT2D eigenvalue weighted by Crippen LogP contribution is 2.28. The molecule has 1 amide bonds. The van der Waals surface area contributed by atoms with Gasteiger partial charge in [0.05, 0.1) is 13.2 Å². The molecule has 0 aromatic heterocycles. The van der Waals surface area contributed by atoms with Crippen LogP contribution in [0.5, 0.6) is 5.75 Å². The molecule has 4 nitrogen and oxygen atoms in total. The maximum absolute atomic E-state index is 12.4. The summed E-state index contributed by atoms with van der Waals surface area (Å²) in [5.41, 5.74) is 1.11. The zero-order valence-electron chi connectivity index (χ0n) is 14.0. The van der Waals surface area contributed by atoms with E-state index in [1.54, 1.807) is 7.11 Å². The van der Waals surface area contributed by atoms with Gasteiger partial charge in [-0.2, -0.15) is 0 Å². The first kappa shape index (κ1) is 16.8. The Morgan fingerprint density at radius 2 is 1.95 bits per heavy atom. The number of amides is 1. The molecule has 0 bridgehead atoms. The fraction of sp³-hybridized carbons (Fsp3) is 0.611. The van der Waals surface area contributed by atoms with Crippen molar-refractivity contribution in [2.24, 2.45) is 5.92 Å². The fourth-order valence-electron chi connectivity index (χ4n) is 3.22. The predicted molar refractivity (Wildman–Crippen MR) is 89.0 cm³/mol. The summed E-state index contributed by atoms with van der Waals surface area (Å²) in [5, 5.41) is 3.15. The minimum atomic E-state index is 0.115. The van der Waals surface area contributed by atoms with E-state index in [9.17, 15) is 4.79 Å². The molecule has 0 radical (unpaired) electrons. The molecule has 1 atom stereocenters. The molecule has 22 heavy (non-hydrogen) atoms. The van der Waals surface area contributed by atoms with E-state index >= 15 is 0 Å². The summed E-state index contributed by atoms with van der Waals surface area (Å²) < 4.78 is 5.46. The third kappa shape index (κ3) is 4.23. The van der Waals surface area contributed by atoms with Crippen molar-refractivity contribution in [2.75, 3.05) is 27.7 Å². The van der Waals surface area contributed by atoms with Crippen molar-refractivity contribution in [3.05, 3.63) is 29.8 Å². The minimum absolute atomic E-state index is 0.115. The van der Waals surface area contributed by atoms with Gasteiger partial charge in [0.25, 0.3) is 0 Å². The smallest absolute Gasteiger partial charge is 0.223 e. The molecule has 0 saturated heterocycles. The minimum Gasteiger partial charge on any atom is -0.496 e. The molecule has 1 aliphatic carbocycles. The van der Waals surface area contributed by atoms with Crippen LogP contribution in [-0.4, -0.2) is 38.6 Å².